The van der Waals surface area contributed by atoms with Crippen LogP contribution in [0.4, 0.5) is 10.2 Å². The highest BCUT2D eigenvalue weighted by Crippen LogP contribution is 2.52. The number of rotatable bonds is 6. The summed E-state index contributed by atoms with van der Waals surface area (Å²) in [7, 11) is 6.04. The zero-order chi connectivity index (χ0) is 27.4. The summed E-state index contributed by atoms with van der Waals surface area (Å²) in [6.07, 6.45) is 1.96. The van der Waals surface area contributed by atoms with Crippen molar-refractivity contribution in [2.45, 2.75) is 51.4 Å². The number of carbonyl (C=O) groups excluding carboxylic acids is 1. The van der Waals surface area contributed by atoms with E-state index in [0.29, 0.717) is 47.5 Å². The second-order valence-corrected chi connectivity index (χ2v) is 11.2. The molecule has 202 valence electrons. The largest absolute Gasteiger partial charge is 0.373 e. The lowest BCUT2D eigenvalue weighted by Gasteiger charge is -2.34. The molecule has 0 spiro atoms. The summed E-state index contributed by atoms with van der Waals surface area (Å²) < 4.78 is 21.9. The van der Waals surface area contributed by atoms with Gasteiger partial charge in [-0.2, -0.15) is 0 Å². The lowest BCUT2D eigenvalue weighted by molar-refractivity contribution is -0.128. The Bertz CT molecular complexity index is 1460. The first-order valence-corrected chi connectivity index (χ1v) is 13.6. The zero-order valence-electron chi connectivity index (χ0n) is 22.5. The van der Waals surface area contributed by atoms with E-state index in [4.69, 9.17) is 4.74 Å². The molecule has 8 nitrogen and oxygen atoms in total. The fourth-order valence-corrected chi connectivity index (χ4v) is 7.20. The molecule has 0 radical (unpaired) electrons. The van der Waals surface area contributed by atoms with E-state index in [1.807, 2.05) is 30.0 Å². The summed E-state index contributed by atoms with van der Waals surface area (Å²) in [6, 6.07) is 7.30. The average Bonchev–Trinajstić information content (AvgIpc) is 3.47. The summed E-state index contributed by atoms with van der Waals surface area (Å²) in [5, 5.41) is 5.00. The third-order valence-corrected chi connectivity index (χ3v) is 9.28. The highest BCUT2D eigenvalue weighted by atomic mass is 31.0. The predicted octanol–water partition coefficient (Wildman–Crippen LogP) is 3.76. The van der Waals surface area contributed by atoms with Crippen molar-refractivity contribution in [1.29, 1.82) is 0 Å². The van der Waals surface area contributed by atoms with Crippen molar-refractivity contribution in [2.75, 3.05) is 25.5 Å². The van der Waals surface area contributed by atoms with E-state index in [1.165, 1.54) is 13.3 Å². The fourth-order valence-electron chi connectivity index (χ4n) is 6.53. The molecule has 38 heavy (non-hydrogen) atoms. The zero-order valence-corrected chi connectivity index (χ0v) is 23.6. The quantitative estimate of drug-likeness (QED) is 0.480. The van der Waals surface area contributed by atoms with Gasteiger partial charge in [0, 0.05) is 40.1 Å². The third-order valence-electron chi connectivity index (χ3n) is 8.62. The molecule has 1 N–H and O–H groups in total. The molecular weight excluding hydrogens is 504 g/mol. The third kappa shape index (κ3) is 4.20. The summed E-state index contributed by atoms with van der Waals surface area (Å²) in [5.74, 6) is 0.950. The Kier molecular flexibility index (Phi) is 7.03. The van der Waals surface area contributed by atoms with E-state index in [-0.39, 0.29) is 29.3 Å². The maximum Gasteiger partial charge on any atom is 0.258 e. The number of carbonyl (C=O) groups is 1. The van der Waals surface area contributed by atoms with E-state index in [2.05, 4.69) is 24.5 Å². The monoisotopic (exact) mass is 539 g/mol. The van der Waals surface area contributed by atoms with E-state index in [9.17, 15) is 14.0 Å². The normalized spacial score (nSPS) is 24.4. The molecule has 1 aliphatic heterocycles. The molecule has 1 aromatic carbocycles. The van der Waals surface area contributed by atoms with Crippen molar-refractivity contribution in [3.05, 3.63) is 57.6 Å². The lowest BCUT2D eigenvalue weighted by Crippen LogP contribution is -2.42. The SMILES string of the molecule is COC1(c2cc3c(N[C@H](C)c4cccc(C(C)F)c4P)ncnc3n(C)c2=O)CCC2CN(C(C)=O)CC21. The summed E-state index contributed by atoms with van der Waals surface area (Å²) in [5.41, 5.74) is 1.70. The molecule has 2 aliphatic rings. The molecule has 1 aliphatic carbocycles. The summed E-state index contributed by atoms with van der Waals surface area (Å²) in [6.45, 7) is 6.39. The van der Waals surface area contributed by atoms with Crippen LogP contribution in [0.2, 0.25) is 0 Å². The standard InChI is InChI=1S/C28H35FN5O3P/c1-15(29)19-7-6-8-20(24(19)38)16(2)32-25-21-11-22(27(36)33(4)26(21)31-14-30-25)28(37-5)10-9-18-12-34(17(3)35)13-23(18)28/h6-8,11,14-16,18,23H,9-10,12-13,38H2,1-5H3,(H,30,31,32)/t15?,16-,18?,23?,28?/m1/s1. The van der Waals surface area contributed by atoms with Crippen molar-refractivity contribution < 1.29 is 13.9 Å². The van der Waals surface area contributed by atoms with Crippen LogP contribution in [0.15, 0.2) is 35.4 Å². The van der Waals surface area contributed by atoms with Crippen molar-refractivity contribution >= 4 is 37.3 Å². The van der Waals surface area contributed by atoms with Crippen LogP contribution in [0, 0.1) is 11.8 Å². The van der Waals surface area contributed by atoms with Crippen LogP contribution in [-0.2, 0) is 22.2 Å². The molecular formula is C28H35FN5O3P. The van der Waals surface area contributed by atoms with Gasteiger partial charge in [-0.3, -0.25) is 14.2 Å². The van der Waals surface area contributed by atoms with Gasteiger partial charge < -0.3 is 15.0 Å². The number of anilines is 1. The second-order valence-electron chi connectivity index (χ2n) is 10.6. The number of pyridine rings is 1. The number of aryl methyl sites for hydroxylation is 1. The lowest BCUT2D eigenvalue weighted by atomic mass is 9.82. The minimum absolute atomic E-state index is 0.0339. The van der Waals surface area contributed by atoms with Crippen molar-refractivity contribution in [1.82, 2.24) is 19.4 Å². The predicted molar refractivity (Wildman–Crippen MR) is 149 cm³/mol. The maximum atomic E-state index is 14.2. The van der Waals surface area contributed by atoms with Gasteiger partial charge in [0.2, 0.25) is 5.91 Å². The van der Waals surface area contributed by atoms with Crippen LogP contribution >= 0.6 is 9.24 Å². The van der Waals surface area contributed by atoms with E-state index in [1.54, 1.807) is 31.7 Å². The van der Waals surface area contributed by atoms with Gasteiger partial charge in [-0.05, 0) is 55.1 Å². The molecule has 5 unspecified atom stereocenters. The molecule has 10 heteroatoms. The number of ether oxygens (including phenoxy) is 1. The van der Waals surface area contributed by atoms with E-state index < -0.39 is 11.8 Å². The fraction of sp³-hybridized carbons (Fsp3) is 0.500. The number of halogens is 1. The van der Waals surface area contributed by atoms with Crippen LogP contribution in [0.1, 0.15) is 62.5 Å². The highest BCUT2D eigenvalue weighted by molar-refractivity contribution is 7.27. The number of amides is 1. The second kappa shape index (κ2) is 10.0. The van der Waals surface area contributed by atoms with Gasteiger partial charge in [0.05, 0.1) is 17.0 Å². The highest BCUT2D eigenvalue weighted by Gasteiger charge is 2.55. The first-order valence-electron chi connectivity index (χ1n) is 13.0. The summed E-state index contributed by atoms with van der Waals surface area (Å²) >= 11 is 0. The van der Waals surface area contributed by atoms with Crippen molar-refractivity contribution in [2.24, 2.45) is 18.9 Å². The van der Waals surface area contributed by atoms with Gasteiger partial charge >= 0.3 is 0 Å². The molecule has 1 amide bonds. The Morgan fingerprint density at radius 1 is 1.26 bits per heavy atom. The topological polar surface area (TPSA) is 89.3 Å². The Morgan fingerprint density at radius 2 is 2.00 bits per heavy atom. The average molecular weight is 540 g/mol. The Morgan fingerprint density at radius 3 is 2.68 bits per heavy atom. The molecule has 6 atom stereocenters. The number of nitrogens with zero attached hydrogens (tertiary/aromatic N) is 4. The number of alkyl halides is 1. The number of fused-ring (bicyclic) bond motifs is 2. The smallest absolute Gasteiger partial charge is 0.258 e. The Labute approximate surface area is 224 Å². The van der Waals surface area contributed by atoms with Crippen LogP contribution in [0.3, 0.4) is 0 Å². The van der Waals surface area contributed by atoms with E-state index in [0.717, 1.165) is 17.3 Å². The van der Waals surface area contributed by atoms with Gasteiger partial charge in [0.1, 0.15) is 29.6 Å². The number of nitrogens with one attached hydrogen (secondary N) is 1. The number of methoxy groups -OCH3 is 1. The number of aromatic nitrogens is 3. The Balaban J connectivity index is 1.59. The molecule has 2 fully saturated rings. The van der Waals surface area contributed by atoms with Crippen molar-refractivity contribution in [3.8, 4) is 0 Å². The molecule has 3 heterocycles. The van der Waals surface area contributed by atoms with Gasteiger partial charge in [0.25, 0.3) is 5.56 Å². The van der Waals surface area contributed by atoms with E-state index >= 15 is 0 Å². The van der Waals surface area contributed by atoms with Gasteiger partial charge in [-0.1, -0.05) is 18.2 Å². The minimum atomic E-state index is -1.08. The molecule has 3 aromatic rings. The van der Waals surface area contributed by atoms with Crippen molar-refractivity contribution in [3.63, 3.8) is 0 Å². The van der Waals surface area contributed by atoms with Gasteiger partial charge in [-0.25, -0.2) is 14.4 Å². The van der Waals surface area contributed by atoms with Gasteiger partial charge in [-0.15, -0.1) is 9.24 Å². The molecule has 2 aromatic heterocycles. The minimum Gasteiger partial charge on any atom is -0.373 e. The first kappa shape index (κ1) is 26.7. The van der Waals surface area contributed by atoms with Crippen LogP contribution < -0.4 is 16.2 Å². The number of hydrogen-bond acceptors (Lipinski definition) is 6. The molecule has 1 saturated carbocycles. The van der Waals surface area contributed by atoms with Crippen LogP contribution in [-0.4, -0.2) is 45.5 Å². The van der Waals surface area contributed by atoms with Crippen LogP contribution in [0.5, 0.6) is 0 Å². The molecule has 1 saturated heterocycles. The summed E-state index contributed by atoms with van der Waals surface area (Å²) in [4.78, 5) is 36.7. The number of hydrogen-bond donors (Lipinski definition) is 1. The number of likely N-dealkylation sites (tertiary alicyclic amines) is 1. The molecule has 5 rings (SSSR count). The molecule has 0 bridgehead atoms. The van der Waals surface area contributed by atoms with Gasteiger partial charge in [0.15, 0.2) is 0 Å². The maximum absolute atomic E-state index is 14.2. The Hall–Kier alpha value is -2.90. The first-order chi connectivity index (χ1) is 18.1. The van der Waals surface area contributed by atoms with Crippen LogP contribution in [0.25, 0.3) is 11.0 Å². The number of benzene rings is 1.